The van der Waals surface area contributed by atoms with Crippen LogP contribution in [0.5, 0.6) is 0 Å². The zero-order chi connectivity index (χ0) is 19.2. The Morgan fingerprint density at radius 3 is 2.41 bits per heavy atom. The van der Waals surface area contributed by atoms with Gasteiger partial charge in [0.25, 0.3) is 0 Å². The summed E-state index contributed by atoms with van der Waals surface area (Å²) < 4.78 is 0. The minimum atomic E-state index is -0.698. The maximum absolute atomic E-state index is 12.2. The molecule has 6 nitrogen and oxygen atoms in total. The molecule has 0 radical (unpaired) electrons. The number of nitrogens with zero attached hydrogens (tertiary/aromatic N) is 2. The van der Waals surface area contributed by atoms with Gasteiger partial charge in [-0.15, -0.1) is 0 Å². The highest BCUT2D eigenvalue weighted by molar-refractivity contribution is 6.39. The largest absolute Gasteiger partial charge is 0.346 e. The smallest absolute Gasteiger partial charge is 0.313 e. The molecule has 138 valence electrons. The van der Waals surface area contributed by atoms with Crippen molar-refractivity contribution in [1.82, 2.24) is 15.2 Å². The number of anilines is 1. The molecule has 0 aliphatic carbocycles. The van der Waals surface area contributed by atoms with E-state index in [0.29, 0.717) is 12.2 Å². The average Bonchev–Trinajstić information content (AvgIpc) is 2.68. The van der Waals surface area contributed by atoms with Crippen molar-refractivity contribution in [3.8, 4) is 0 Å². The van der Waals surface area contributed by atoms with Crippen LogP contribution in [0.15, 0.2) is 67.0 Å². The lowest BCUT2D eigenvalue weighted by Crippen LogP contribution is -2.40. The van der Waals surface area contributed by atoms with Crippen LogP contribution in [0.25, 0.3) is 10.8 Å². The van der Waals surface area contributed by atoms with E-state index in [0.717, 1.165) is 16.3 Å². The molecule has 2 amide bonds. The summed E-state index contributed by atoms with van der Waals surface area (Å²) in [6, 6.07) is 17.4. The SMILES string of the molecule is CN(C)C(CNC(=O)C(=O)Nc1ccncc1)c1cccc2ccccc12. The van der Waals surface area contributed by atoms with Crippen molar-refractivity contribution in [2.24, 2.45) is 0 Å². The van der Waals surface area contributed by atoms with Crippen LogP contribution in [-0.2, 0) is 9.59 Å². The van der Waals surface area contributed by atoms with Crippen LogP contribution in [0.3, 0.4) is 0 Å². The molecule has 3 rings (SSSR count). The normalized spacial score (nSPS) is 12.0. The molecule has 0 bridgehead atoms. The Hall–Kier alpha value is -3.25. The Balaban J connectivity index is 1.71. The van der Waals surface area contributed by atoms with E-state index < -0.39 is 11.8 Å². The van der Waals surface area contributed by atoms with Crippen molar-refractivity contribution in [3.63, 3.8) is 0 Å². The fourth-order valence-electron chi connectivity index (χ4n) is 3.00. The quantitative estimate of drug-likeness (QED) is 0.684. The Morgan fingerprint density at radius 2 is 1.67 bits per heavy atom. The van der Waals surface area contributed by atoms with Crippen LogP contribution in [-0.4, -0.2) is 42.3 Å². The summed E-state index contributed by atoms with van der Waals surface area (Å²) in [5, 5.41) is 7.57. The highest BCUT2D eigenvalue weighted by atomic mass is 16.2. The fraction of sp³-hybridized carbons (Fsp3) is 0.190. The van der Waals surface area contributed by atoms with Crippen molar-refractivity contribution in [2.75, 3.05) is 26.0 Å². The summed E-state index contributed by atoms with van der Waals surface area (Å²) in [6.45, 7) is 0.323. The van der Waals surface area contributed by atoms with E-state index in [4.69, 9.17) is 0 Å². The van der Waals surface area contributed by atoms with Gasteiger partial charge in [0.1, 0.15) is 0 Å². The number of amides is 2. The molecule has 6 heteroatoms. The third-order valence-corrected chi connectivity index (χ3v) is 4.41. The third kappa shape index (κ3) is 4.48. The minimum Gasteiger partial charge on any atom is -0.346 e. The lowest BCUT2D eigenvalue weighted by Gasteiger charge is -2.26. The third-order valence-electron chi connectivity index (χ3n) is 4.41. The highest BCUT2D eigenvalue weighted by Crippen LogP contribution is 2.26. The molecule has 2 aromatic carbocycles. The van der Waals surface area contributed by atoms with Gasteiger partial charge in [-0.3, -0.25) is 14.6 Å². The monoisotopic (exact) mass is 362 g/mol. The van der Waals surface area contributed by atoms with Gasteiger partial charge < -0.3 is 15.5 Å². The Bertz CT molecular complexity index is 936. The molecule has 1 unspecified atom stereocenters. The standard InChI is InChI=1S/C21H22N4O2/c1-25(2)19(18-9-5-7-15-6-3-4-8-17(15)18)14-23-20(26)21(27)24-16-10-12-22-13-11-16/h3-13,19H,14H2,1-2H3,(H,23,26)(H,22,24,27). The molecule has 0 saturated heterocycles. The number of hydrogen-bond donors (Lipinski definition) is 2. The number of aromatic nitrogens is 1. The molecule has 27 heavy (non-hydrogen) atoms. The van der Waals surface area contributed by atoms with Gasteiger partial charge in [0, 0.05) is 24.6 Å². The summed E-state index contributed by atoms with van der Waals surface area (Å²) in [7, 11) is 3.91. The molecule has 0 saturated carbocycles. The first-order valence-corrected chi connectivity index (χ1v) is 8.69. The Kier molecular flexibility index (Phi) is 5.78. The molecule has 0 fully saturated rings. The van der Waals surface area contributed by atoms with Crippen LogP contribution in [0, 0.1) is 0 Å². The van der Waals surface area contributed by atoms with Crippen LogP contribution < -0.4 is 10.6 Å². The average molecular weight is 362 g/mol. The minimum absolute atomic E-state index is 0.0613. The number of benzene rings is 2. The molecule has 3 aromatic rings. The molecular formula is C21H22N4O2. The number of carbonyl (C=O) groups is 2. The predicted molar refractivity (Wildman–Crippen MR) is 106 cm³/mol. The van der Waals surface area contributed by atoms with Crippen molar-refractivity contribution in [1.29, 1.82) is 0 Å². The fourth-order valence-corrected chi connectivity index (χ4v) is 3.00. The summed E-state index contributed by atoms with van der Waals surface area (Å²) >= 11 is 0. The molecular weight excluding hydrogens is 340 g/mol. The second-order valence-corrected chi connectivity index (χ2v) is 6.45. The summed E-state index contributed by atoms with van der Waals surface area (Å²) in [5.74, 6) is -1.37. The number of likely N-dealkylation sites (N-methyl/N-ethyl adjacent to an activating group) is 1. The molecule has 1 atom stereocenters. The van der Waals surface area contributed by atoms with Crippen LogP contribution in [0.1, 0.15) is 11.6 Å². The van der Waals surface area contributed by atoms with E-state index in [1.54, 1.807) is 24.5 Å². The topological polar surface area (TPSA) is 74.3 Å². The zero-order valence-electron chi connectivity index (χ0n) is 15.3. The van der Waals surface area contributed by atoms with Gasteiger partial charge in [-0.2, -0.15) is 0 Å². The van der Waals surface area contributed by atoms with Gasteiger partial charge in [-0.25, -0.2) is 0 Å². The summed E-state index contributed by atoms with van der Waals surface area (Å²) in [5.41, 5.74) is 1.64. The number of rotatable bonds is 5. The molecule has 0 spiro atoms. The van der Waals surface area contributed by atoms with E-state index in [9.17, 15) is 9.59 Å². The number of fused-ring (bicyclic) bond motifs is 1. The molecule has 0 aliphatic heterocycles. The number of pyridine rings is 1. The van der Waals surface area contributed by atoms with Crippen molar-refractivity contribution in [2.45, 2.75) is 6.04 Å². The first-order chi connectivity index (χ1) is 13.1. The zero-order valence-corrected chi connectivity index (χ0v) is 15.3. The van der Waals surface area contributed by atoms with E-state index >= 15 is 0 Å². The summed E-state index contributed by atoms with van der Waals surface area (Å²) in [6.07, 6.45) is 3.10. The maximum Gasteiger partial charge on any atom is 0.313 e. The molecule has 1 aromatic heterocycles. The van der Waals surface area contributed by atoms with Gasteiger partial charge >= 0.3 is 11.8 Å². The summed E-state index contributed by atoms with van der Waals surface area (Å²) in [4.78, 5) is 30.2. The predicted octanol–water partition coefficient (Wildman–Crippen LogP) is 2.59. The van der Waals surface area contributed by atoms with E-state index in [1.165, 1.54) is 0 Å². The van der Waals surface area contributed by atoms with Crippen LogP contribution in [0.2, 0.25) is 0 Å². The number of carbonyl (C=O) groups excluding carboxylic acids is 2. The first kappa shape index (κ1) is 18.5. The Morgan fingerprint density at radius 1 is 0.963 bits per heavy atom. The molecule has 1 heterocycles. The van der Waals surface area contributed by atoms with E-state index in [-0.39, 0.29) is 6.04 Å². The lowest BCUT2D eigenvalue weighted by atomic mass is 9.98. The van der Waals surface area contributed by atoms with Gasteiger partial charge in [0.15, 0.2) is 0 Å². The van der Waals surface area contributed by atoms with E-state index in [2.05, 4.69) is 39.9 Å². The van der Waals surface area contributed by atoms with Crippen LogP contribution >= 0.6 is 0 Å². The maximum atomic E-state index is 12.2. The van der Waals surface area contributed by atoms with Gasteiger partial charge in [0.05, 0.1) is 6.04 Å². The Labute approximate surface area is 158 Å². The van der Waals surface area contributed by atoms with Gasteiger partial charge in [-0.05, 0) is 42.6 Å². The van der Waals surface area contributed by atoms with Crippen LogP contribution in [0.4, 0.5) is 5.69 Å². The first-order valence-electron chi connectivity index (χ1n) is 8.69. The highest BCUT2D eigenvalue weighted by Gasteiger charge is 2.20. The number of nitrogens with one attached hydrogen (secondary N) is 2. The molecule has 0 aliphatic rings. The van der Waals surface area contributed by atoms with Gasteiger partial charge in [0.2, 0.25) is 0 Å². The van der Waals surface area contributed by atoms with Crippen molar-refractivity contribution < 1.29 is 9.59 Å². The van der Waals surface area contributed by atoms with Crippen molar-refractivity contribution in [3.05, 3.63) is 72.6 Å². The van der Waals surface area contributed by atoms with Gasteiger partial charge in [-0.1, -0.05) is 42.5 Å². The molecule has 2 N–H and O–H groups in total. The second kappa shape index (κ2) is 8.42. The number of hydrogen-bond acceptors (Lipinski definition) is 4. The lowest BCUT2D eigenvalue weighted by molar-refractivity contribution is -0.136. The van der Waals surface area contributed by atoms with E-state index in [1.807, 2.05) is 37.2 Å². The second-order valence-electron chi connectivity index (χ2n) is 6.45. The van der Waals surface area contributed by atoms with Crippen molar-refractivity contribution >= 4 is 28.3 Å².